The van der Waals surface area contributed by atoms with Crippen molar-refractivity contribution < 1.29 is 4.74 Å². The monoisotopic (exact) mass is 231 g/mol. The van der Waals surface area contributed by atoms with Crippen LogP contribution in [-0.2, 0) is 18.0 Å². The first kappa shape index (κ1) is 11.2. The van der Waals surface area contributed by atoms with Crippen molar-refractivity contribution in [2.24, 2.45) is 0 Å². The van der Waals surface area contributed by atoms with Crippen molar-refractivity contribution in [1.82, 2.24) is 5.32 Å². The van der Waals surface area contributed by atoms with E-state index in [2.05, 4.69) is 30.4 Å². The van der Waals surface area contributed by atoms with Crippen LogP contribution >= 0.6 is 0 Å². The Bertz CT molecular complexity index is 396. The fourth-order valence-corrected chi connectivity index (χ4v) is 2.85. The molecule has 0 saturated heterocycles. The molecule has 1 saturated carbocycles. The number of hydrogen-bond donors (Lipinski definition) is 1. The fourth-order valence-electron chi connectivity index (χ4n) is 2.85. The SMILES string of the molecule is CCCNC1CC(c2ccc3c(c2)COC3)C1. The second kappa shape index (κ2) is 4.79. The van der Waals surface area contributed by atoms with Gasteiger partial charge >= 0.3 is 0 Å². The van der Waals surface area contributed by atoms with Crippen LogP contribution in [0.3, 0.4) is 0 Å². The van der Waals surface area contributed by atoms with Crippen molar-refractivity contribution >= 4 is 0 Å². The quantitative estimate of drug-likeness (QED) is 0.860. The molecule has 2 heteroatoms. The summed E-state index contributed by atoms with van der Waals surface area (Å²) in [5.41, 5.74) is 4.31. The first-order valence-electron chi connectivity index (χ1n) is 6.79. The van der Waals surface area contributed by atoms with Gasteiger partial charge in [0.25, 0.3) is 0 Å². The van der Waals surface area contributed by atoms with Crippen molar-refractivity contribution in [2.75, 3.05) is 6.54 Å². The molecule has 1 aromatic carbocycles. The minimum absolute atomic E-state index is 0.754. The second-order valence-corrected chi connectivity index (χ2v) is 5.34. The summed E-state index contributed by atoms with van der Waals surface area (Å²) in [4.78, 5) is 0. The van der Waals surface area contributed by atoms with Crippen LogP contribution in [0.1, 0.15) is 48.8 Å². The molecule has 3 rings (SSSR count). The molecule has 1 aromatic rings. The highest BCUT2D eigenvalue weighted by Crippen LogP contribution is 2.38. The van der Waals surface area contributed by atoms with E-state index in [9.17, 15) is 0 Å². The zero-order valence-corrected chi connectivity index (χ0v) is 10.5. The predicted octanol–water partition coefficient (Wildman–Crippen LogP) is 2.96. The van der Waals surface area contributed by atoms with Crippen molar-refractivity contribution in [3.05, 3.63) is 34.9 Å². The van der Waals surface area contributed by atoms with E-state index in [-0.39, 0.29) is 0 Å². The van der Waals surface area contributed by atoms with Crippen molar-refractivity contribution in [1.29, 1.82) is 0 Å². The van der Waals surface area contributed by atoms with Gasteiger partial charge in [-0.3, -0.25) is 0 Å². The molecule has 0 radical (unpaired) electrons. The topological polar surface area (TPSA) is 21.3 Å². The minimum Gasteiger partial charge on any atom is -0.372 e. The Morgan fingerprint density at radius 1 is 1.24 bits per heavy atom. The molecule has 1 aliphatic heterocycles. The zero-order valence-electron chi connectivity index (χ0n) is 10.5. The van der Waals surface area contributed by atoms with E-state index in [0.717, 1.165) is 31.7 Å². The molecule has 0 unspecified atom stereocenters. The summed E-state index contributed by atoms with van der Waals surface area (Å²) in [5.74, 6) is 0.773. The van der Waals surface area contributed by atoms with Crippen LogP contribution in [0, 0.1) is 0 Å². The van der Waals surface area contributed by atoms with Gasteiger partial charge in [0.05, 0.1) is 13.2 Å². The average Bonchev–Trinajstić information content (AvgIpc) is 2.74. The highest BCUT2D eigenvalue weighted by molar-refractivity contribution is 5.35. The Morgan fingerprint density at radius 2 is 2.06 bits per heavy atom. The summed E-state index contributed by atoms with van der Waals surface area (Å²) < 4.78 is 5.46. The third kappa shape index (κ3) is 2.24. The molecule has 92 valence electrons. The van der Waals surface area contributed by atoms with Crippen molar-refractivity contribution in [2.45, 2.75) is 51.4 Å². The number of nitrogens with one attached hydrogen (secondary N) is 1. The molecule has 0 aromatic heterocycles. The van der Waals surface area contributed by atoms with Gasteiger partial charge in [-0.15, -0.1) is 0 Å². The van der Waals surface area contributed by atoms with Crippen molar-refractivity contribution in [3.63, 3.8) is 0 Å². The van der Waals surface area contributed by atoms with Gasteiger partial charge in [0.1, 0.15) is 0 Å². The van der Waals surface area contributed by atoms with E-state index in [1.54, 1.807) is 0 Å². The molecular weight excluding hydrogens is 210 g/mol. The van der Waals surface area contributed by atoms with Gasteiger partial charge in [-0.1, -0.05) is 25.1 Å². The van der Waals surface area contributed by atoms with Crippen LogP contribution in [0.4, 0.5) is 0 Å². The fraction of sp³-hybridized carbons (Fsp3) is 0.600. The highest BCUT2D eigenvalue weighted by atomic mass is 16.5. The molecule has 0 bridgehead atoms. The lowest BCUT2D eigenvalue weighted by atomic mass is 9.75. The van der Waals surface area contributed by atoms with Gasteiger partial charge in [0.15, 0.2) is 0 Å². The van der Waals surface area contributed by atoms with E-state index in [1.807, 2.05) is 0 Å². The molecule has 1 fully saturated rings. The van der Waals surface area contributed by atoms with Gasteiger partial charge in [-0.25, -0.2) is 0 Å². The molecule has 1 aliphatic carbocycles. The molecule has 1 heterocycles. The van der Waals surface area contributed by atoms with Crippen LogP contribution in [0.25, 0.3) is 0 Å². The smallest absolute Gasteiger partial charge is 0.0725 e. The van der Waals surface area contributed by atoms with Crippen LogP contribution in [0.15, 0.2) is 18.2 Å². The summed E-state index contributed by atoms with van der Waals surface area (Å²) in [5, 5.41) is 3.60. The molecule has 0 atom stereocenters. The number of benzene rings is 1. The average molecular weight is 231 g/mol. The van der Waals surface area contributed by atoms with Gasteiger partial charge in [0, 0.05) is 6.04 Å². The molecule has 0 spiro atoms. The number of rotatable bonds is 4. The number of hydrogen-bond acceptors (Lipinski definition) is 2. The highest BCUT2D eigenvalue weighted by Gasteiger charge is 2.30. The molecule has 17 heavy (non-hydrogen) atoms. The summed E-state index contributed by atoms with van der Waals surface area (Å²) >= 11 is 0. The standard InChI is InChI=1S/C15H21NO/c1-2-5-16-15-7-13(8-15)11-3-4-12-9-17-10-14(12)6-11/h3-4,6,13,15-16H,2,5,7-10H2,1H3. The molecule has 2 aliphatic rings. The van der Waals surface area contributed by atoms with Crippen LogP contribution < -0.4 is 5.32 Å². The Labute approximate surface area is 103 Å². The maximum absolute atomic E-state index is 5.46. The Morgan fingerprint density at radius 3 is 2.88 bits per heavy atom. The van der Waals surface area contributed by atoms with E-state index in [4.69, 9.17) is 4.74 Å². The van der Waals surface area contributed by atoms with Crippen LogP contribution in [0.2, 0.25) is 0 Å². The van der Waals surface area contributed by atoms with Crippen LogP contribution in [-0.4, -0.2) is 12.6 Å². The molecular formula is C15H21NO. The predicted molar refractivity (Wildman–Crippen MR) is 69.0 cm³/mol. The van der Waals surface area contributed by atoms with Gasteiger partial charge in [-0.2, -0.15) is 0 Å². The zero-order chi connectivity index (χ0) is 11.7. The summed E-state index contributed by atoms with van der Waals surface area (Å²) in [6, 6.07) is 7.67. The number of ether oxygens (including phenoxy) is 1. The number of fused-ring (bicyclic) bond motifs is 1. The van der Waals surface area contributed by atoms with Crippen LogP contribution in [0.5, 0.6) is 0 Å². The van der Waals surface area contributed by atoms with Gasteiger partial charge in [-0.05, 0) is 48.4 Å². The Kier molecular flexibility index (Phi) is 3.17. The van der Waals surface area contributed by atoms with Crippen molar-refractivity contribution in [3.8, 4) is 0 Å². The first-order chi connectivity index (χ1) is 8.36. The summed E-state index contributed by atoms with van der Waals surface area (Å²) in [6.45, 7) is 5.01. The Hall–Kier alpha value is -0.860. The van der Waals surface area contributed by atoms with E-state index < -0.39 is 0 Å². The summed E-state index contributed by atoms with van der Waals surface area (Å²) in [6.07, 6.45) is 3.84. The van der Waals surface area contributed by atoms with E-state index in [0.29, 0.717) is 0 Å². The van der Waals surface area contributed by atoms with Gasteiger partial charge in [0.2, 0.25) is 0 Å². The maximum Gasteiger partial charge on any atom is 0.0725 e. The lowest BCUT2D eigenvalue weighted by Crippen LogP contribution is -2.40. The summed E-state index contributed by atoms with van der Waals surface area (Å²) in [7, 11) is 0. The van der Waals surface area contributed by atoms with Gasteiger partial charge < -0.3 is 10.1 Å². The lowest BCUT2D eigenvalue weighted by molar-refractivity contribution is 0.134. The molecule has 1 N–H and O–H groups in total. The molecule has 2 nitrogen and oxygen atoms in total. The molecule has 0 amide bonds. The third-order valence-electron chi connectivity index (χ3n) is 4.04. The van der Waals surface area contributed by atoms with E-state index in [1.165, 1.54) is 36.0 Å². The lowest BCUT2D eigenvalue weighted by Gasteiger charge is -2.36. The second-order valence-electron chi connectivity index (χ2n) is 5.34. The third-order valence-corrected chi connectivity index (χ3v) is 4.04. The van der Waals surface area contributed by atoms with E-state index >= 15 is 0 Å². The maximum atomic E-state index is 5.46. The first-order valence-corrected chi connectivity index (χ1v) is 6.79. The normalized spacial score (nSPS) is 26.6. The Balaban J connectivity index is 1.60. The minimum atomic E-state index is 0.754. The largest absolute Gasteiger partial charge is 0.372 e.